The van der Waals surface area contributed by atoms with Gasteiger partial charge in [0.25, 0.3) is 0 Å². The van der Waals surface area contributed by atoms with Gasteiger partial charge in [0, 0.05) is 57.7 Å². The van der Waals surface area contributed by atoms with E-state index in [1.807, 2.05) is 18.5 Å². The highest BCUT2D eigenvalue weighted by molar-refractivity contribution is 5.08. The maximum absolute atomic E-state index is 4.18. The van der Waals surface area contributed by atoms with Crippen molar-refractivity contribution in [1.29, 1.82) is 0 Å². The zero-order valence-corrected chi connectivity index (χ0v) is 11.6. The van der Waals surface area contributed by atoms with Gasteiger partial charge in [-0.3, -0.25) is 9.88 Å². The predicted molar refractivity (Wildman–Crippen MR) is 77.2 cm³/mol. The smallest absolute Gasteiger partial charge is 0.0300 e. The summed E-state index contributed by atoms with van der Waals surface area (Å²) in [4.78, 5) is 9.44. The van der Waals surface area contributed by atoms with E-state index in [0.29, 0.717) is 0 Å². The first-order valence-electron chi connectivity index (χ1n) is 7.48. The molecule has 0 spiro atoms. The standard InChI is InChI=1S/C15H24N4/c1-2-14(12-16-5-1)4-7-18-8-10-19(11-9-18)15-3-6-17-13-15/h1-2,5,12,15,17H,3-4,6-11,13H2. The van der Waals surface area contributed by atoms with E-state index in [0.717, 1.165) is 12.5 Å². The van der Waals surface area contributed by atoms with E-state index < -0.39 is 0 Å². The molecule has 1 N–H and O–H groups in total. The van der Waals surface area contributed by atoms with Crippen LogP contribution in [-0.4, -0.2) is 66.6 Å². The van der Waals surface area contributed by atoms with Crippen LogP contribution in [0.4, 0.5) is 0 Å². The zero-order chi connectivity index (χ0) is 12.9. The molecule has 1 aromatic rings. The molecule has 4 heteroatoms. The van der Waals surface area contributed by atoms with Crippen molar-refractivity contribution in [2.75, 3.05) is 45.8 Å². The lowest BCUT2D eigenvalue weighted by Crippen LogP contribution is -2.51. The molecule has 0 saturated carbocycles. The fourth-order valence-corrected chi connectivity index (χ4v) is 3.14. The van der Waals surface area contributed by atoms with Gasteiger partial charge >= 0.3 is 0 Å². The van der Waals surface area contributed by atoms with Crippen molar-refractivity contribution in [3.8, 4) is 0 Å². The highest BCUT2D eigenvalue weighted by atomic mass is 15.3. The lowest BCUT2D eigenvalue weighted by molar-refractivity contribution is 0.103. The average Bonchev–Trinajstić information content (AvgIpc) is 3.01. The molecule has 1 unspecified atom stereocenters. The Balaban J connectivity index is 1.40. The van der Waals surface area contributed by atoms with Crippen LogP contribution in [0.5, 0.6) is 0 Å². The second-order valence-corrected chi connectivity index (χ2v) is 5.64. The minimum atomic E-state index is 0.792. The molecular weight excluding hydrogens is 236 g/mol. The van der Waals surface area contributed by atoms with Gasteiger partial charge in [-0.05, 0) is 31.0 Å². The Labute approximate surface area is 115 Å². The van der Waals surface area contributed by atoms with Gasteiger partial charge in [0.2, 0.25) is 0 Å². The summed E-state index contributed by atoms with van der Waals surface area (Å²) in [5, 5.41) is 3.47. The van der Waals surface area contributed by atoms with E-state index in [4.69, 9.17) is 0 Å². The minimum Gasteiger partial charge on any atom is -0.315 e. The summed E-state index contributed by atoms with van der Waals surface area (Å²) in [5.41, 5.74) is 1.35. The van der Waals surface area contributed by atoms with Gasteiger partial charge in [-0.1, -0.05) is 6.07 Å². The topological polar surface area (TPSA) is 31.4 Å². The number of aromatic nitrogens is 1. The Hall–Kier alpha value is -0.970. The number of rotatable bonds is 4. The molecule has 4 nitrogen and oxygen atoms in total. The van der Waals surface area contributed by atoms with Crippen molar-refractivity contribution in [3.63, 3.8) is 0 Å². The van der Waals surface area contributed by atoms with Crippen molar-refractivity contribution in [2.24, 2.45) is 0 Å². The van der Waals surface area contributed by atoms with Gasteiger partial charge in [0.1, 0.15) is 0 Å². The van der Waals surface area contributed by atoms with Crippen molar-refractivity contribution in [1.82, 2.24) is 20.1 Å². The van der Waals surface area contributed by atoms with Crippen LogP contribution in [0, 0.1) is 0 Å². The third-order valence-electron chi connectivity index (χ3n) is 4.40. The molecule has 2 aliphatic rings. The summed E-state index contributed by atoms with van der Waals surface area (Å²) >= 11 is 0. The molecule has 0 aromatic carbocycles. The van der Waals surface area contributed by atoms with Crippen LogP contribution in [0.2, 0.25) is 0 Å². The molecule has 1 aromatic heterocycles. The van der Waals surface area contributed by atoms with Crippen molar-refractivity contribution in [2.45, 2.75) is 18.9 Å². The van der Waals surface area contributed by atoms with Gasteiger partial charge < -0.3 is 10.2 Å². The third kappa shape index (κ3) is 3.53. The predicted octanol–water partition coefficient (Wildman–Crippen LogP) is 0.604. The summed E-state index contributed by atoms with van der Waals surface area (Å²) in [6, 6.07) is 4.99. The first kappa shape index (κ1) is 13.0. The van der Waals surface area contributed by atoms with Crippen LogP contribution in [0.15, 0.2) is 24.5 Å². The van der Waals surface area contributed by atoms with Crippen LogP contribution in [-0.2, 0) is 6.42 Å². The number of nitrogens with one attached hydrogen (secondary N) is 1. The molecule has 0 radical (unpaired) electrons. The molecular formula is C15H24N4. The number of hydrogen-bond acceptors (Lipinski definition) is 4. The van der Waals surface area contributed by atoms with Crippen LogP contribution in [0.1, 0.15) is 12.0 Å². The summed E-state index contributed by atoms with van der Waals surface area (Å²) in [6.45, 7) is 8.47. The summed E-state index contributed by atoms with van der Waals surface area (Å²) in [7, 11) is 0. The van der Waals surface area contributed by atoms with Crippen LogP contribution in [0.25, 0.3) is 0 Å². The van der Waals surface area contributed by atoms with Crippen LogP contribution >= 0.6 is 0 Å². The Morgan fingerprint density at radius 2 is 2.16 bits per heavy atom. The molecule has 0 amide bonds. The normalized spacial score (nSPS) is 25.8. The first-order valence-corrected chi connectivity index (χ1v) is 7.48. The molecule has 2 fully saturated rings. The van der Waals surface area contributed by atoms with Crippen molar-refractivity contribution < 1.29 is 0 Å². The molecule has 104 valence electrons. The van der Waals surface area contributed by atoms with Gasteiger partial charge in [-0.25, -0.2) is 0 Å². The number of pyridine rings is 1. The minimum absolute atomic E-state index is 0.792. The molecule has 1 atom stereocenters. The van der Waals surface area contributed by atoms with E-state index in [2.05, 4.69) is 26.2 Å². The molecule has 0 bridgehead atoms. The van der Waals surface area contributed by atoms with Gasteiger partial charge in [0.05, 0.1) is 0 Å². The van der Waals surface area contributed by atoms with Crippen molar-refractivity contribution >= 4 is 0 Å². The highest BCUT2D eigenvalue weighted by Gasteiger charge is 2.25. The van der Waals surface area contributed by atoms with Gasteiger partial charge in [-0.15, -0.1) is 0 Å². The van der Waals surface area contributed by atoms with Crippen LogP contribution in [0.3, 0.4) is 0 Å². The summed E-state index contributed by atoms with van der Waals surface area (Å²) in [5.74, 6) is 0. The molecule has 0 aliphatic carbocycles. The first-order chi connectivity index (χ1) is 9.42. The average molecular weight is 260 g/mol. The summed E-state index contributed by atoms with van der Waals surface area (Å²) < 4.78 is 0. The fourth-order valence-electron chi connectivity index (χ4n) is 3.14. The van der Waals surface area contributed by atoms with Crippen LogP contribution < -0.4 is 5.32 Å². The molecule has 3 heterocycles. The lowest BCUT2D eigenvalue weighted by Gasteiger charge is -2.37. The Morgan fingerprint density at radius 3 is 2.84 bits per heavy atom. The lowest BCUT2D eigenvalue weighted by atomic mass is 10.1. The maximum atomic E-state index is 4.18. The molecule has 19 heavy (non-hydrogen) atoms. The third-order valence-corrected chi connectivity index (χ3v) is 4.40. The van der Waals surface area contributed by atoms with E-state index in [1.54, 1.807) is 0 Å². The fraction of sp³-hybridized carbons (Fsp3) is 0.667. The Kier molecular flexibility index (Phi) is 4.43. The summed E-state index contributed by atoms with van der Waals surface area (Å²) in [6.07, 6.45) is 6.28. The molecule has 2 aliphatic heterocycles. The van der Waals surface area contributed by atoms with Crippen molar-refractivity contribution in [3.05, 3.63) is 30.1 Å². The van der Waals surface area contributed by atoms with Gasteiger partial charge in [-0.2, -0.15) is 0 Å². The second kappa shape index (κ2) is 6.46. The quantitative estimate of drug-likeness (QED) is 0.859. The van der Waals surface area contributed by atoms with E-state index in [1.165, 1.54) is 57.8 Å². The number of piperazine rings is 1. The maximum Gasteiger partial charge on any atom is 0.0300 e. The number of hydrogen-bond donors (Lipinski definition) is 1. The molecule has 3 rings (SSSR count). The second-order valence-electron chi connectivity index (χ2n) is 5.64. The Morgan fingerprint density at radius 1 is 1.26 bits per heavy atom. The SMILES string of the molecule is c1cncc(CCN2CCN(C3CCNC3)CC2)c1. The van der Waals surface area contributed by atoms with E-state index in [9.17, 15) is 0 Å². The van der Waals surface area contributed by atoms with E-state index >= 15 is 0 Å². The largest absolute Gasteiger partial charge is 0.315 e. The highest BCUT2D eigenvalue weighted by Crippen LogP contribution is 2.12. The number of nitrogens with zero attached hydrogens (tertiary/aromatic N) is 3. The zero-order valence-electron chi connectivity index (χ0n) is 11.6. The van der Waals surface area contributed by atoms with E-state index in [-0.39, 0.29) is 0 Å². The molecule has 2 saturated heterocycles. The van der Waals surface area contributed by atoms with Gasteiger partial charge in [0.15, 0.2) is 0 Å². The Bertz CT molecular complexity index is 367. The monoisotopic (exact) mass is 260 g/mol.